The first kappa shape index (κ1) is 13.7. The van der Waals surface area contributed by atoms with E-state index in [4.69, 9.17) is 12.2 Å². The second-order valence-corrected chi connectivity index (χ2v) is 6.01. The van der Waals surface area contributed by atoms with E-state index in [0.717, 1.165) is 24.5 Å². The quantitative estimate of drug-likeness (QED) is 0.645. The molecule has 0 spiro atoms. The van der Waals surface area contributed by atoms with Gasteiger partial charge in [-0.1, -0.05) is 6.42 Å². The lowest BCUT2D eigenvalue weighted by Gasteiger charge is -2.24. The van der Waals surface area contributed by atoms with Crippen molar-refractivity contribution < 1.29 is 13.2 Å². The van der Waals surface area contributed by atoms with E-state index in [0.29, 0.717) is 12.0 Å². The SMILES string of the molecule is Fc1ccc(NC(=S)N[C@@H]2C[C@H]3CC[C@@H]2C3)c(F)c1F. The Morgan fingerprint density at radius 1 is 1.10 bits per heavy atom. The van der Waals surface area contributed by atoms with Crippen molar-refractivity contribution in [2.45, 2.75) is 31.7 Å². The molecule has 2 N–H and O–H groups in total. The lowest BCUT2D eigenvalue weighted by atomic mass is 9.96. The first-order valence-electron chi connectivity index (χ1n) is 6.75. The molecule has 0 radical (unpaired) electrons. The molecule has 2 bridgehead atoms. The summed E-state index contributed by atoms with van der Waals surface area (Å²) in [6, 6.07) is 2.32. The maximum Gasteiger partial charge on any atom is 0.196 e. The highest BCUT2D eigenvalue weighted by Crippen LogP contribution is 2.44. The molecular formula is C14H15F3N2S. The van der Waals surface area contributed by atoms with Crippen LogP contribution in [0.4, 0.5) is 18.9 Å². The van der Waals surface area contributed by atoms with Crippen molar-refractivity contribution in [2.24, 2.45) is 11.8 Å². The first-order valence-corrected chi connectivity index (χ1v) is 7.16. The highest BCUT2D eigenvalue weighted by molar-refractivity contribution is 7.80. The van der Waals surface area contributed by atoms with Crippen LogP contribution in [0.15, 0.2) is 12.1 Å². The van der Waals surface area contributed by atoms with E-state index >= 15 is 0 Å². The summed E-state index contributed by atoms with van der Waals surface area (Å²) in [6.07, 6.45) is 4.78. The van der Waals surface area contributed by atoms with Crippen LogP contribution < -0.4 is 10.6 Å². The Labute approximate surface area is 120 Å². The predicted molar refractivity (Wildman–Crippen MR) is 74.9 cm³/mol. The Kier molecular flexibility index (Phi) is 3.58. The molecule has 2 fully saturated rings. The summed E-state index contributed by atoms with van der Waals surface area (Å²) in [5.74, 6) is -2.56. The molecule has 2 saturated carbocycles. The Bertz CT molecular complexity index is 549. The van der Waals surface area contributed by atoms with E-state index in [-0.39, 0.29) is 10.8 Å². The standard InChI is InChI=1S/C14H15F3N2S/c15-9-3-4-10(13(17)12(9)16)18-14(20)19-11-6-7-1-2-8(11)5-7/h3-4,7-8,11H,1-2,5-6H2,(H2,18,19,20)/t7-,8+,11+/m0/s1. The van der Waals surface area contributed by atoms with Crippen molar-refractivity contribution in [2.75, 3.05) is 5.32 Å². The van der Waals surface area contributed by atoms with Crippen LogP contribution in [0.5, 0.6) is 0 Å². The van der Waals surface area contributed by atoms with Crippen molar-refractivity contribution >= 4 is 23.0 Å². The summed E-state index contributed by atoms with van der Waals surface area (Å²) in [7, 11) is 0. The van der Waals surface area contributed by atoms with Gasteiger partial charge in [0.15, 0.2) is 22.6 Å². The molecule has 20 heavy (non-hydrogen) atoms. The van der Waals surface area contributed by atoms with Gasteiger partial charge in [-0.25, -0.2) is 13.2 Å². The minimum Gasteiger partial charge on any atom is -0.359 e. The number of benzene rings is 1. The lowest BCUT2D eigenvalue weighted by molar-refractivity contribution is 0.391. The molecule has 3 atom stereocenters. The van der Waals surface area contributed by atoms with Crippen LogP contribution in [0, 0.1) is 29.3 Å². The molecule has 0 heterocycles. The molecule has 6 heteroatoms. The number of thiocarbonyl (C=S) groups is 1. The van der Waals surface area contributed by atoms with Crippen LogP contribution in [-0.2, 0) is 0 Å². The number of rotatable bonds is 2. The molecule has 0 amide bonds. The zero-order valence-corrected chi connectivity index (χ0v) is 11.6. The van der Waals surface area contributed by atoms with Gasteiger partial charge in [0, 0.05) is 6.04 Å². The van der Waals surface area contributed by atoms with Gasteiger partial charge >= 0.3 is 0 Å². The maximum atomic E-state index is 13.5. The largest absolute Gasteiger partial charge is 0.359 e. The monoisotopic (exact) mass is 300 g/mol. The minimum atomic E-state index is -1.49. The van der Waals surface area contributed by atoms with E-state index in [9.17, 15) is 13.2 Å². The van der Waals surface area contributed by atoms with Crippen molar-refractivity contribution in [1.29, 1.82) is 0 Å². The average molecular weight is 300 g/mol. The van der Waals surface area contributed by atoms with E-state index in [1.54, 1.807) is 0 Å². The highest BCUT2D eigenvalue weighted by atomic mass is 32.1. The van der Waals surface area contributed by atoms with Gasteiger partial charge in [0.1, 0.15) is 0 Å². The van der Waals surface area contributed by atoms with Crippen molar-refractivity contribution in [3.63, 3.8) is 0 Å². The molecule has 108 valence electrons. The third-order valence-corrected chi connectivity index (χ3v) is 4.56. The van der Waals surface area contributed by atoms with Crippen LogP contribution in [0.25, 0.3) is 0 Å². The number of nitrogens with one attached hydrogen (secondary N) is 2. The fourth-order valence-corrected chi connectivity index (χ4v) is 3.63. The van der Waals surface area contributed by atoms with Crippen LogP contribution in [-0.4, -0.2) is 11.2 Å². The van der Waals surface area contributed by atoms with Gasteiger partial charge in [0.2, 0.25) is 0 Å². The molecule has 1 aromatic rings. The van der Waals surface area contributed by atoms with E-state index in [2.05, 4.69) is 10.6 Å². The molecule has 0 saturated heterocycles. The summed E-state index contributed by atoms with van der Waals surface area (Å²) in [5, 5.41) is 6.02. The molecule has 0 aliphatic heterocycles. The van der Waals surface area contributed by atoms with Crippen LogP contribution in [0.2, 0.25) is 0 Å². The molecule has 2 aliphatic carbocycles. The van der Waals surface area contributed by atoms with Crippen molar-refractivity contribution in [1.82, 2.24) is 5.32 Å². The Morgan fingerprint density at radius 3 is 2.55 bits per heavy atom. The number of fused-ring (bicyclic) bond motifs is 2. The smallest absolute Gasteiger partial charge is 0.196 e. The van der Waals surface area contributed by atoms with Gasteiger partial charge < -0.3 is 10.6 Å². The van der Waals surface area contributed by atoms with Crippen molar-refractivity contribution in [3.8, 4) is 0 Å². The van der Waals surface area contributed by atoms with Gasteiger partial charge in [-0.05, 0) is 55.4 Å². The van der Waals surface area contributed by atoms with Crippen molar-refractivity contribution in [3.05, 3.63) is 29.6 Å². The van der Waals surface area contributed by atoms with Gasteiger partial charge in [0.05, 0.1) is 5.69 Å². The van der Waals surface area contributed by atoms with Crippen LogP contribution >= 0.6 is 12.2 Å². The summed E-state index contributed by atoms with van der Waals surface area (Å²) in [4.78, 5) is 0. The minimum absolute atomic E-state index is 0.149. The molecule has 2 aliphatic rings. The van der Waals surface area contributed by atoms with Gasteiger partial charge in [-0.15, -0.1) is 0 Å². The number of anilines is 1. The fourth-order valence-electron chi connectivity index (χ4n) is 3.37. The predicted octanol–water partition coefficient (Wildman–Crippen LogP) is 3.58. The summed E-state index contributed by atoms with van der Waals surface area (Å²) in [5.41, 5.74) is -0.149. The highest BCUT2D eigenvalue weighted by Gasteiger charge is 2.39. The third kappa shape index (κ3) is 2.49. The number of hydrogen-bond donors (Lipinski definition) is 2. The Morgan fingerprint density at radius 2 is 1.90 bits per heavy atom. The summed E-state index contributed by atoms with van der Waals surface area (Å²) >= 11 is 5.12. The Hall–Kier alpha value is -1.30. The summed E-state index contributed by atoms with van der Waals surface area (Å²) < 4.78 is 39.5. The van der Waals surface area contributed by atoms with Gasteiger partial charge in [0.25, 0.3) is 0 Å². The maximum absolute atomic E-state index is 13.5. The second-order valence-electron chi connectivity index (χ2n) is 5.60. The molecular weight excluding hydrogens is 285 g/mol. The topological polar surface area (TPSA) is 24.1 Å². The van der Waals surface area contributed by atoms with Gasteiger partial charge in [-0.2, -0.15) is 0 Å². The normalized spacial score (nSPS) is 27.6. The molecule has 3 rings (SSSR count). The number of hydrogen-bond acceptors (Lipinski definition) is 1. The molecule has 0 aromatic heterocycles. The van der Waals surface area contributed by atoms with E-state index in [1.807, 2.05) is 0 Å². The number of halogens is 3. The van der Waals surface area contributed by atoms with E-state index in [1.165, 1.54) is 19.3 Å². The average Bonchev–Trinajstić information content (AvgIpc) is 3.02. The summed E-state index contributed by atoms with van der Waals surface area (Å²) in [6.45, 7) is 0. The van der Waals surface area contributed by atoms with Crippen LogP contribution in [0.1, 0.15) is 25.7 Å². The zero-order valence-electron chi connectivity index (χ0n) is 10.8. The lowest BCUT2D eigenvalue weighted by Crippen LogP contribution is -2.41. The second kappa shape index (κ2) is 5.24. The first-order chi connectivity index (χ1) is 9.54. The molecule has 0 unspecified atom stereocenters. The third-order valence-electron chi connectivity index (χ3n) is 4.34. The zero-order chi connectivity index (χ0) is 14.3. The molecule has 2 nitrogen and oxygen atoms in total. The fraction of sp³-hybridized carbons (Fsp3) is 0.500. The molecule has 1 aromatic carbocycles. The van der Waals surface area contributed by atoms with E-state index < -0.39 is 17.5 Å². The van der Waals surface area contributed by atoms with Crippen LogP contribution in [0.3, 0.4) is 0 Å². The Balaban J connectivity index is 1.63. The van der Waals surface area contributed by atoms with Gasteiger partial charge in [-0.3, -0.25) is 0 Å².